The van der Waals surface area contributed by atoms with Crippen LogP contribution in [0.15, 0.2) is 61.1 Å². The van der Waals surface area contributed by atoms with Crippen LogP contribution in [0.25, 0.3) is 11.8 Å². The molecule has 0 radical (unpaired) electrons. The molecular formula is C26H27ClN6. The summed E-state index contributed by atoms with van der Waals surface area (Å²) in [6.07, 6.45) is 3.59. The van der Waals surface area contributed by atoms with Gasteiger partial charge in [0, 0.05) is 33.6 Å². The van der Waals surface area contributed by atoms with Gasteiger partial charge in [0.2, 0.25) is 0 Å². The highest BCUT2D eigenvalue weighted by Gasteiger charge is 2.26. The molecule has 3 aromatic rings. The van der Waals surface area contributed by atoms with Crippen molar-refractivity contribution in [2.45, 2.75) is 26.8 Å². The Morgan fingerprint density at radius 1 is 1.18 bits per heavy atom. The van der Waals surface area contributed by atoms with E-state index in [-0.39, 0.29) is 17.6 Å². The number of hydrogen-bond donors (Lipinski definition) is 3. The summed E-state index contributed by atoms with van der Waals surface area (Å²) in [5.41, 5.74) is 13.1. The summed E-state index contributed by atoms with van der Waals surface area (Å²) in [5.74, 6) is 0.754. The molecule has 1 aliphatic heterocycles. The smallest absolute Gasteiger partial charge is 0.141 e. The number of nitrogens with one attached hydrogen (secondary N) is 2. The molecule has 4 rings (SSSR count). The third kappa shape index (κ3) is 4.34. The van der Waals surface area contributed by atoms with E-state index in [1.165, 1.54) is 17.5 Å². The Hall–Kier alpha value is -3.64. The Morgan fingerprint density at radius 2 is 1.91 bits per heavy atom. The number of aryl methyl sites for hydroxylation is 1. The first-order valence-corrected chi connectivity index (χ1v) is 11.1. The fourth-order valence-corrected chi connectivity index (χ4v) is 4.37. The lowest BCUT2D eigenvalue weighted by Gasteiger charge is -2.37. The summed E-state index contributed by atoms with van der Waals surface area (Å²) < 4.78 is 0. The molecular weight excluding hydrogens is 432 g/mol. The van der Waals surface area contributed by atoms with E-state index in [4.69, 9.17) is 22.7 Å². The Bertz CT molecular complexity index is 1260. The van der Waals surface area contributed by atoms with Crippen molar-refractivity contribution in [2.24, 2.45) is 0 Å². The van der Waals surface area contributed by atoms with Gasteiger partial charge in [-0.2, -0.15) is 0 Å². The van der Waals surface area contributed by atoms with E-state index in [0.29, 0.717) is 28.5 Å². The average molecular weight is 459 g/mol. The van der Waals surface area contributed by atoms with Gasteiger partial charge in [0.1, 0.15) is 18.0 Å². The second kappa shape index (κ2) is 9.08. The minimum absolute atomic E-state index is 0.223. The molecule has 4 N–H and O–H groups in total. The van der Waals surface area contributed by atoms with Crippen molar-refractivity contribution in [1.82, 2.24) is 14.9 Å². The second-order valence-electron chi connectivity index (χ2n) is 8.30. The van der Waals surface area contributed by atoms with Gasteiger partial charge in [0.05, 0.1) is 17.8 Å². The van der Waals surface area contributed by atoms with Crippen molar-refractivity contribution in [3.05, 3.63) is 93.9 Å². The zero-order valence-corrected chi connectivity index (χ0v) is 19.7. The number of nitrogen functional groups attached to an aromatic ring is 1. The van der Waals surface area contributed by atoms with Crippen molar-refractivity contribution in [2.75, 3.05) is 17.6 Å². The number of nitrogens with zero attached hydrogens (tertiary/aromatic N) is 3. The Kier molecular flexibility index (Phi) is 6.20. The van der Waals surface area contributed by atoms with Gasteiger partial charge in [-0.15, -0.1) is 0 Å². The summed E-state index contributed by atoms with van der Waals surface area (Å²) in [7, 11) is 0. The van der Waals surface area contributed by atoms with E-state index in [2.05, 4.69) is 71.8 Å². The maximum Gasteiger partial charge on any atom is 0.141 e. The van der Waals surface area contributed by atoms with Gasteiger partial charge < -0.3 is 16.0 Å². The number of aromatic nitrogens is 2. The average Bonchev–Trinajstić information content (AvgIpc) is 2.77. The molecule has 0 saturated carbocycles. The fraction of sp³-hybridized carbons (Fsp3) is 0.192. The number of nitrogens with two attached hydrogens (primary N) is 1. The van der Waals surface area contributed by atoms with Crippen molar-refractivity contribution in [1.29, 1.82) is 5.41 Å². The van der Waals surface area contributed by atoms with Crippen molar-refractivity contribution < 1.29 is 0 Å². The van der Waals surface area contributed by atoms with E-state index in [0.717, 1.165) is 17.0 Å². The van der Waals surface area contributed by atoms with Crippen LogP contribution in [0.1, 0.15) is 41.7 Å². The van der Waals surface area contributed by atoms with Crippen LogP contribution < -0.4 is 11.1 Å². The molecule has 0 amide bonds. The zero-order chi connectivity index (χ0) is 23.7. The number of halogens is 1. The third-order valence-corrected chi connectivity index (χ3v) is 5.98. The molecule has 6 nitrogen and oxygen atoms in total. The van der Waals surface area contributed by atoms with Crippen LogP contribution in [0.2, 0.25) is 5.02 Å². The van der Waals surface area contributed by atoms with Crippen LogP contribution in [0, 0.1) is 12.3 Å². The molecule has 1 aliphatic rings. The predicted molar refractivity (Wildman–Crippen MR) is 137 cm³/mol. The fourth-order valence-electron chi connectivity index (χ4n) is 4.24. The van der Waals surface area contributed by atoms with E-state index in [1.807, 2.05) is 0 Å². The van der Waals surface area contributed by atoms with Gasteiger partial charge in [0.25, 0.3) is 0 Å². The van der Waals surface area contributed by atoms with Crippen molar-refractivity contribution >= 4 is 40.7 Å². The quantitative estimate of drug-likeness (QED) is 0.419. The summed E-state index contributed by atoms with van der Waals surface area (Å²) in [6.45, 7) is 11.3. The van der Waals surface area contributed by atoms with Gasteiger partial charge in [-0.05, 0) is 50.1 Å². The highest BCUT2D eigenvalue weighted by molar-refractivity contribution is 6.30. The minimum atomic E-state index is 0.223. The molecule has 33 heavy (non-hydrogen) atoms. The first-order chi connectivity index (χ1) is 15.8. The van der Waals surface area contributed by atoms with Crippen LogP contribution in [-0.4, -0.2) is 33.2 Å². The maximum atomic E-state index is 8.72. The Morgan fingerprint density at radius 3 is 2.61 bits per heavy atom. The molecule has 0 fully saturated rings. The molecule has 0 spiro atoms. The lowest BCUT2D eigenvalue weighted by Crippen LogP contribution is -2.34. The first kappa shape index (κ1) is 22.6. The van der Waals surface area contributed by atoms with Crippen LogP contribution in [0.4, 0.5) is 11.6 Å². The summed E-state index contributed by atoms with van der Waals surface area (Å²) in [6, 6.07) is 13.6. The van der Waals surface area contributed by atoms with E-state index in [9.17, 15) is 0 Å². The lowest BCUT2D eigenvalue weighted by molar-refractivity contribution is 0.402. The molecule has 1 aromatic heterocycles. The highest BCUT2D eigenvalue weighted by atomic mass is 35.5. The first-order valence-electron chi connectivity index (χ1n) is 10.8. The number of hydrogen-bond acceptors (Lipinski definition) is 6. The van der Waals surface area contributed by atoms with E-state index in [1.54, 1.807) is 24.3 Å². The summed E-state index contributed by atoms with van der Waals surface area (Å²) >= 11 is 6.01. The van der Waals surface area contributed by atoms with Gasteiger partial charge in [-0.3, -0.25) is 5.41 Å². The molecule has 2 heterocycles. The monoisotopic (exact) mass is 458 g/mol. The molecule has 0 aliphatic carbocycles. The van der Waals surface area contributed by atoms with Gasteiger partial charge in [-0.1, -0.05) is 48.5 Å². The lowest BCUT2D eigenvalue weighted by atomic mass is 9.93. The third-order valence-electron chi connectivity index (χ3n) is 5.73. The Balaban J connectivity index is 1.68. The van der Waals surface area contributed by atoms with Gasteiger partial charge in [0.15, 0.2) is 0 Å². The maximum absolute atomic E-state index is 8.72. The molecule has 0 bridgehead atoms. The van der Waals surface area contributed by atoms with E-state index < -0.39 is 0 Å². The van der Waals surface area contributed by atoms with Crippen LogP contribution >= 0.6 is 11.6 Å². The van der Waals surface area contributed by atoms with Crippen LogP contribution in [0.3, 0.4) is 0 Å². The largest absolute Gasteiger partial charge is 0.383 e. The number of fused-ring (bicyclic) bond motifs is 1. The highest BCUT2D eigenvalue weighted by Crippen LogP contribution is 2.36. The van der Waals surface area contributed by atoms with Gasteiger partial charge in [-0.25, -0.2) is 9.97 Å². The van der Waals surface area contributed by atoms with Gasteiger partial charge >= 0.3 is 0 Å². The second-order valence-corrected chi connectivity index (χ2v) is 8.74. The van der Waals surface area contributed by atoms with E-state index >= 15 is 0 Å². The minimum Gasteiger partial charge on any atom is -0.383 e. The number of benzene rings is 2. The topological polar surface area (TPSA) is 90.9 Å². The number of rotatable bonds is 6. The van der Waals surface area contributed by atoms with Crippen LogP contribution in [-0.2, 0) is 0 Å². The molecule has 0 atom stereocenters. The molecule has 7 heteroatoms. The summed E-state index contributed by atoms with van der Waals surface area (Å²) in [5, 5.41) is 12.7. The molecule has 2 aromatic carbocycles. The van der Waals surface area contributed by atoms with Crippen LogP contribution in [0.5, 0.6) is 0 Å². The molecule has 0 unspecified atom stereocenters. The predicted octanol–water partition coefficient (Wildman–Crippen LogP) is 5.58. The Labute approximate surface area is 199 Å². The zero-order valence-electron chi connectivity index (χ0n) is 19.0. The van der Waals surface area contributed by atoms with Crippen molar-refractivity contribution in [3.63, 3.8) is 0 Å². The normalized spacial score (nSPS) is 13.1. The molecule has 0 saturated heterocycles. The molecule has 168 valence electrons. The number of anilines is 2. The summed E-state index contributed by atoms with van der Waals surface area (Å²) in [4.78, 5) is 10.7. The standard InChI is InChI=1S/C26H27ClN6/c1-15(2)33-17(4)22-16(3)6-5-7-19(22)12-21(33)13-30-26-23(25(29)31-14-32-26)24(28)18-8-10-20(27)11-9-18/h5-12,14-15,28H,4,13H2,1-3H3,(H3,29,30,31,32). The SMILES string of the molecule is C=C1c2c(C)cccc2C=C(CNc2ncnc(N)c2C(=N)c2ccc(Cl)cc2)N1C(C)C. The van der Waals surface area contributed by atoms with Crippen molar-refractivity contribution in [3.8, 4) is 0 Å².